The fourth-order valence-electron chi connectivity index (χ4n) is 2.69. The van der Waals surface area contributed by atoms with Gasteiger partial charge in [0.15, 0.2) is 0 Å². The number of hydrogen-bond donors (Lipinski definition) is 2. The van der Waals surface area contributed by atoms with Crippen LogP contribution >= 0.6 is 11.3 Å². The fourth-order valence-corrected chi connectivity index (χ4v) is 3.34. The Hall–Kier alpha value is -0.420. The van der Waals surface area contributed by atoms with Crippen LogP contribution < -0.4 is 5.32 Å². The van der Waals surface area contributed by atoms with Crippen molar-refractivity contribution in [1.82, 2.24) is 5.32 Å². The average Bonchev–Trinajstić information content (AvgIpc) is 2.78. The third-order valence-corrected chi connectivity index (χ3v) is 4.22. The molecule has 1 aromatic heterocycles. The zero-order valence-electron chi connectivity index (χ0n) is 10.5. The summed E-state index contributed by atoms with van der Waals surface area (Å²) in [6.45, 7) is 5.16. The maximum absolute atomic E-state index is 9.69. The number of aliphatic hydroxyl groups is 1. The largest absolute Gasteiger partial charge is 0.394 e. The summed E-state index contributed by atoms with van der Waals surface area (Å²) in [5.41, 5.74) is -0.179. The molecule has 4 heteroatoms. The van der Waals surface area contributed by atoms with Gasteiger partial charge in [0.2, 0.25) is 0 Å². The van der Waals surface area contributed by atoms with Crippen LogP contribution in [0.1, 0.15) is 31.6 Å². The van der Waals surface area contributed by atoms with Crippen LogP contribution in [0.2, 0.25) is 0 Å². The Morgan fingerprint density at radius 2 is 2.18 bits per heavy atom. The van der Waals surface area contributed by atoms with Gasteiger partial charge in [-0.1, -0.05) is 6.07 Å². The van der Waals surface area contributed by atoms with Gasteiger partial charge in [0.1, 0.15) is 0 Å². The first-order valence-corrected chi connectivity index (χ1v) is 7.05. The van der Waals surface area contributed by atoms with E-state index >= 15 is 0 Å². The molecule has 2 unspecified atom stereocenters. The summed E-state index contributed by atoms with van der Waals surface area (Å²) < 4.78 is 5.73. The van der Waals surface area contributed by atoms with Crippen molar-refractivity contribution < 1.29 is 9.84 Å². The number of nitrogens with one attached hydrogen (secondary N) is 1. The highest BCUT2D eigenvalue weighted by Gasteiger charge is 2.37. The third-order valence-electron chi connectivity index (χ3n) is 3.34. The Kier molecular flexibility index (Phi) is 4.20. The molecule has 1 aliphatic rings. The predicted octanol–water partition coefficient (Wildman–Crippen LogP) is 2.16. The summed E-state index contributed by atoms with van der Waals surface area (Å²) in [6.07, 6.45) is 2.17. The van der Waals surface area contributed by atoms with Gasteiger partial charge in [0, 0.05) is 17.0 Å². The SMILES string of the molecule is CC1CC(CO)(NCc2cccs2)CC(C)O1. The number of ether oxygens (including phenoxy) is 1. The summed E-state index contributed by atoms with van der Waals surface area (Å²) >= 11 is 1.75. The van der Waals surface area contributed by atoms with E-state index in [0.29, 0.717) is 0 Å². The molecule has 2 rings (SSSR count). The lowest BCUT2D eigenvalue weighted by Crippen LogP contribution is -2.55. The Bertz CT molecular complexity index is 329. The first-order valence-electron chi connectivity index (χ1n) is 6.17. The van der Waals surface area contributed by atoms with Crippen LogP contribution in [0, 0.1) is 0 Å². The second kappa shape index (κ2) is 5.48. The molecule has 1 saturated heterocycles. The van der Waals surface area contributed by atoms with Gasteiger partial charge in [-0.3, -0.25) is 0 Å². The summed E-state index contributed by atoms with van der Waals surface area (Å²) in [7, 11) is 0. The smallest absolute Gasteiger partial charge is 0.0615 e. The normalized spacial score (nSPS) is 33.8. The van der Waals surface area contributed by atoms with E-state index in [0.717, 1.165) is 19.4 Å². The minimum absolute atomic E-state index is 0.177. The second-order valence-electron chi connectivity index (χ2n) is 5.04. The van der Waals surface area contributed by atoms with Crippen molar-refractivity contribution in [3.8, 4) is 0 Å². The highest BCUT2D eigenvalue weighted by Crippen LogP contribution is 2.29. The van der Waals surface area contributed by atoms with E-state index in [4.69, 9.17) is 4.74 Å². The molecule has 0 spiro atoms. The molecular formula is C13H21NO2S. The van der Waals surface area contributed by atoms with Gasteiger partial charge in [-0.2, -0.15) is 0 Å². The fraction of sp³-hybridized carbons (Fsp3) is 0.692. The van der Waals surface area contributed by atoms with Gasteiger partial charge in [-0.05, 0) is 38.1 Å². The van der Waals surface area contributed by atoms with Gasteiger partial charge in [0.25, 0.3) is 0 Å². The molecule has 2 N–H and O–H groups in total. The van der Waals surface area contributed by atoms with Crippen LogP contribution in [0.15, 0.2) is 17.5 Å². The number of thiophene rings is 1. The second-order valence-corrected chi connectivity index (χ2v) is 6.07. The van der Waals surface area contributed by atoms with Crippen LogP contribution in [-0.2, 0) is 11.3 Å². The summed E-state index contributed by atoms with van der Waals surface area (Å²) in [5, 5.41) is 15.3. The van der Waals surface area contributed by atoms with Crippen LogP contribution in [-0.4, -0.2) is 29.5 Å². The predicted molar refractivity (Wildman–Crippen MR) is 70.2 cm³/mol. The molecule has 0 aliphatic carbocycles. The number of aliphatic hydroxyl groups excluding tert-OH is 1. The Morgan fingerprint density at radius 3 is 2.71 bits per heavy atom. The van der Waals surface area contributed by atoms with Gasteiger partial charge in [-0.15, -0.1) is 11.3 Å². The van der Waals surface area contributed by atoms with Crippen LogP contribution in [0.25, 0.3) is 0 Å². The van der Waals surface area contributed by atoms with Gasteiger partial charge in [0.05, 0.1) is 18.8 Å². The van der Waals surface area contributed by atoms with Crippen LogP contribution in [0.4, 0.5) is 0 Å². The van der Waals surface area contributed by atoms with Crippen molar-refractivity contribution in [3.63, 3.8) is 0 Å². The van der Waals surface area contributed by atoms with E-state index in [-0.39, 0.29) is 24.4 Å². The van der Waals surface area contributed by atoms with E-state index in [1.54, 1.807) is 11.3 Å². The van der Waals surface area contributed by atoms with Gasteiger partial charge >= 0.3 is 0 Å². The van der Waals surface area contributed by atoms with Crippen molar-refractivity contribution in [2.75, 3.05) is 6.61 Å². The van der Waals surface area contributed by atoms with E-state index in [2.05, 4.69) is 36.7 Å². The molecule has 1 aromatic rings. The molecule has 0 amide bonds. The van der Waals surface area contributed by atoms with E-state index < -0.39 is 0 Å². The van der Waals surface area contributed by atoms with Crippen molar-refractivity contribution in [1.29, 1.82) is 0 Å². The number of hydrogen-bond acceptors (Lipinski definition) is 4. The monoisotopic (exact) mass is 255 g/mol. The molecule has 3 nitrogen and oxygen atoms in total. The summed E-state index contributed by atoms with van der Waals surface area (Å²) in [6, 6.07) is 4.18. The Morgan fingerprint density at radius 1 is 1.47 bits per heavy atom. The first kappa shape index (κ1) is 13.0. The van der Waals surface area contributed by atoms with Crippen molar-refractivity contribution in [2.45, 2.75) is 51.0 Å². The molecule has 1 aliphatic heterocycles. The maximum Gasteiger partial charge on any atom is 0.0615 e. The standard InChI is InChI=1S/C13H21NO2S/c1-10-6-13(9-15,7-11(2)16-10)14-8-12-4-3-5-17-12/h3-5,10-11,14-15H,6-9H2,1-2H3. The highest BCUT2D eigenvalue weighted by atomic mass is 32.1. The maximum atomic E-state index is 9.69. The van der Waals surface area contributed by atoms with E-state index in [9.17, 15) is 5.11 Å². The molecule has 1 fully saturated rings. The summed E-state index contributed by atoms with van der Waals surface area (Å²) in [4.78, 5) is 1.31. The van der Waals surface area contributed by atoms with E-state index in [1.807, 2.05) is 0 Å². The molecule has 2 atom stereocenters. The Labute approximate surface area is 107 Å². The lowest BCUT2D eigenvalue weighted by molar-refractivity contribution is -0.0816. The zero-order chi connectivity index (χ0) is 12.3. The third kappa shape index (κ3) is 3.28. The van der Waals surface area contributed by atoms with Crippen LogP contribution in [0.3, 0.4) is 0 Å². The lowest BCUT2D eigenvalue weighted by atomic mass is 9.85. The molecule has 0 bridgehead atoms. The topological polar surface area (TPSA) is 41.5 Å². The molecule has 0 radical (unpaired) electrons. The molecule has 0 aromatic carbocycles. The summed E-state index contributed by atoms with van der Waals surface area (Å²) in [5.74, 6) is 0. The molecule has 0 saturated carbocycles. The van der Waals surface area contributed by atoms with Gasteiger partial charge in [-0.25, -0.2) is 0 Å². The van der Waals surface area contributed by atoms with Crippen molar-refractivity contribution in [2.24, 2.45) is 0 Å². The minimum Gasteiger partial charge on any atom is -0.394 e. The van der Waals surface area contributed by atoms with E-state index in [1.165, 1.54) is 4.88 Å². The highest BCUT2D eigenvalue weighted by molar-refractivity contribution is 7.09. The van der Waals surface area contributed by atoms with Crippen LogP contribution in [0.5, 0.6) is 0 Å². The average molecular weight is 255 g/mol. The molecule has 17 heavy (non-hydrogen) atoms. The minimum atomic E-state index is -0.179. The van der Waals surface area contributed by atoms with Crippen molar-refractivity contribution in [3.05, 3.63) is 22.4 Å². The van der Waals surface area contributed by atoms with Crippen molar-refractivity contribution >= 4 is 11.3 Å². The van der Waals surface area contributed by atoms with Gasteiger partial charge < -0.3 is 15.2 Å². The molecule has 96 valence electrons. The quantitative estimate of drug-likeness (QED) is 0.866. The zero-order valence-corrected chi connectivity index (χ0v) is 11.3. The first-order chi connectivity index (χ1) is 8.13. The molecule has 2 heterocycles. The molecular weight excluding hydrogens is 234 g/mol. The Balaban J connectivity index is 1.98. The lowest BCUT2D eigenvalue weighted by Gasteiger charge is -2.42. The number of rotatable bonds is 4.